The molecule has 0 amide bonds. The molecule has 1 aliphatic carbocycles. The second-order valence-corrected chi connectivity index (χ2v) is 6.71. The van der Waals surface area contributed by atoms with Crippen LogP contribution in [-0.2, 0) is 22.0 Å². The van der Waals surface area contributed by atoms with E-state index in [1.807, 2.05) is 0 Å². The molecule has 0 aliphatic heterocycles. The van der Waals surface area contributed by atoms with Crippen molar-refractivity contribution in [2.75, 3.05) is 11.5 Å². The van der Waals surface area contributed by atoms with Gasteiger partial charge in [0.2, 0.25) is 0 Å². The predicted molar refractivity (Wildman–Crippen MR) is 74.9 cm³/mol. The summed E-state index contributed by atoms with van der Waals surface area (Å²) in [5.41, 5.74) is 0.394. The third-order valence-electron chi connectivity index (χ3n) is 3.56. The molecule has 0 N–H and O–H groups in total. The Balaban J connectivity index is 1.80. The molecule has 1 atom stereocenters. The third kappa shape index (κ3) is 4.53. The maximum Gasteiger partial charge on any atom is 0.149 e. The Labute approximate surface area is 115 Å². The van der Waals surface area contributed by atoms with Crippen molar-refractivity contribution in [3.05, 3.63) is 35.6 Å². The van der Waals surface area contributed by atoms with Crippen molar-refractivity contribution < 1.29 is 13.4 Å². The lowest BCUT2D eigenvalue weighted by Gasteiger charge is -2.08. The van der Waals surface area contributed by atoms with Crippen LogP contribution < -0.4 is 0 Å². The van der Waals surface area contributed by atoms with Gasteiger partial charge in [0.1, 0.15) is 11.6 Å². The van der Waals surface area contributed by atoms with Gasteiger partial charge in [-0.05, 0) is 30.4 Å². The van der Waals surface area contributed by atoms with Crippen LogP contribution in [0.2, 0.25) is 0 Å². The normalized spacial score (nSPS) is 17.5. The van der Waals surface area contributed by atoms with Crippen LogP contribution in [-0.4, -0.2) is 21.5 Å². The largest absolute Gasteiger partial charge is 0.298 e. The van der Waals surface area contributed by atoms with Gasteiger partial charge in [0.05, 0.1) is 5.75 Å². The molecule has 0 radical (unpaired) electrons. The first-order valence-corrected chi connectivity index (χ1v) is 8.24. The highest BCUT2D eigenvalue weighted by Gasteiger charge is 2.19. The van der Waals surface area contributed by atoms with Gasteiger partial charge in [-0.15, -0.1) is 0 Å². The molecule has 0 aromatic heterocycles. The Kier molecular flexibility index (Phi) is 5.25. The first-order chi connectivity index (χ1) is 9.15. The molecule has 19 heavy (non-hydrogen) atoms. The predicted octanol–water partition coefficient (Wildman–Crippen LogP) is 2.88. The molecule has 2 rings (SSSR count). The standard InChI is InChI=1S/C15H19FO2S/c16-15-8-4-3-7-13(15)9-14(17)11-19(18)10-12-5-1-2-6-12/h3-4,7-8,12H,1-2,5-6,9-11H2. The fraction of sp³-hybridized carbons (Fsp3) is 0.533. The van der Waals surface area contributed by atoms with Crippen molar-refractivity contribution in [3.8, 4) is 0 Å². The summed E-state index contributed by atoms with van der Waals surface area (Å²) in [5, 5.41) is 0. The average Bonchev–Trinajstić information content (AvgIpc) is 2.84. The van der Waals surface area contributed by atoms with Crippen molar-refractivity contribution in [3.63, 3.8) is 0 Å². The minimum Gasteiger partial charge on any atom is -0.298 e. The number of ketones is 1. The average molecular weight is 282 g/mol. The lowest BCUT2D eigenvalue weighted by atomic mass is 10.1. The lowest BCUT2D eigenvalue weighted by Crippen LogP contribution is -2.18. The Morgan fingerprint density at radius 1 is 1.26 bits per heavy atom. The first-order valence-electron chi connectivity index (χ1n) is 6.75. The molecular weight excluding hydrogens is 263 g/mol. The van der Waals surface area contributed by atoms with Gasteiger partial charge in [-0.1, -0.05) is 31.0 Å². The van der Waals surface area contributed by atoms with Gasteiger partial charge < -0.3 is 0 Å². The van der Waals surface area contributed by atoms with Crippen molar-refractivity contribution >= 4 is 16.6 Å². The number of Topliss-reactive ketones (excluding diaryl/α,β-unsaturated/α-hetero) is 1. The summed E-state index contributed by atoms with van der Waals surface area (Å²) in [7, 11) is -1.09. The number of hydrogen-bond acceptors (Lipinski definition) is 2. The number of carbonyl (C=O) groups is 1. The molecule has 1 aromatic rings. The Hall–Kier alpha value is -1.03. The third-order valence-corrected chi connectivity index (χ3v) is 5.05. The lowest BCUT2D eigenvalue weighted by molar-refractivity contribution is -0.116. The van der Waals surface area contributed by atoms with Crippen LogP contribution in [0.3, 0.4) is 0 Å². The van der Waals surface area contributed by atoms with E-state index in [9.17, 15) is 13.4 Å². The molecule has 1 saturated carbocycles. The Morgan fingerprint density at radius 3 is 2.63 bits per heavy atom. The van der Waals surface area contributed by atoms with E-state index in [-0.39, 0.29) is 23.8 Å². The maximum absolute atomic E-state index is 13.4. The first kappa shape index (κ1) is 14.4. The van der Waals surface area contributed by atoms with Gasteiger partial charge >= 0.3 is 0 Å². The van der Waals surface area contributed by atoms with Crippen molar-refractivity contribution in [1.82, 2.24) is 0 Å². The molecule has 1 fully saturated rings. The molecule has 0 bridgehead atoms. The van der Waals surface area contributed by atoms with Gasteiger partial charge in [-0.3, -0.25) is 9.00 Å². The minimum absolute atomic E-state index is 0.0447. The molecule has 4 heteroatoms. The van der Waals surface area contributed by atoms with E-state index in [4.69, 9.17) is 0 Å². The van der Waals surface area contributed by atoms with Crippen LogP contribution in [0.4, 0.5) is 4.39 Å². The highest BCUT2D eigenvalue weighted by atomic mass is 32.2. The van der Waals surface area contributed by atoms with Crippen LogP contribution in [0, 0.1) is 11.7 Å². The highest BCUT2D eigenvalue weighted by Crippen LogP contribution is 2.25. The zero-order valence-electron chi connectivity index (χ0n) is 10.9. The van der Waals surface area contributed by atoms with Crippen molar-refractivity contribution in [2.45, 2.75) is 32.1 Å². The van der Waals surface area contributed by atoms with Gasteiger partial charge in [-0.25, -0.2) is 4.39 Å². The number of hydrogen-bond donors (Lipinski definition) is 0. The molecule has 1 aliphatic rings. The molecule has 0 saturated heterocycles. The molecular formula is C15H19FO2S. The van der Waals surface area contributed by atoms with Gasteiger partial charge in [0.15, 0.2) is 0 Å². The topological polar surface area (TPSA) is 34.1 Å². The number of rotatable bonds is 6. The molecule has 0 spiro atoms. The summed E-state index contributed by atoms with van der Waals surface area (Å²) in [6.45, 7) is 0. The summed E-state index contributed by atoms with van der Waals surface area (Å²) < 4.78 is 25.3. The summed E-state index contributed by atoms with van der Waals surface area (Å²) in [6.07, 6.45) is 4.74. The maximum atomic E-state index is 13.4. The van der Waals surface area contributed by atoms with Gasteiger partial charge in [-0.2, -0.15) is 0 Å². The van der Waals surface area contributed by atoms with E-state index in [0.29, 0.717) is 17.2 Å². The molecule has 104 valence electrons. The van der Waals surface area contributed by atoms with Crippen molar-refractivity contribution in [1.29, 1.82) is 0 Å². The number of carbonyl (C=O) groups excluding carboxylic acids is 1. The summed E-state index contributed by atoms with van der Waals surface area (Å²) in [5.74, 6) is 0.703. The zero-order chi connectivity index (χ0) is 13.7. The van der Waals surface area contributed by atoms with E-state index in [2.05, 4.69) is 0 Å². The minimum atomic E-state index is -1.09. The van der Waals surface area contributed by atoms with E-state index >= 15 is 0 Å². The Morgan fingerprint density at radius 2 is 1.95 bits per heavy atom. The molecule has 1 unspecified atom stereocenters. The van der Waals surface area contributed by atoms with Crippen LogP contribution in [0.15, 0.2) is 24.3 Å². The number of halogens is 1. The SMILES string of the molecule is O=C(Cc1ccccc1F)CS(=O)CC1CCCC1. The summed E-state index contributed by atoms with van der Waals surface area (Å²) >= 11 is 0. The fourth-order valence-electron chi connectivity index (χ4n) is 2.58. The van der Waals surface area contributed by atoms with Crippen LogP contribution in [0.5, 0.6) is 0 Å². The van der Waals surface area contributed by atoms with Gasteiger partial charge in [0.25, 0.3) is 0 Å². The van der Waals surface area contributed by atoms with Crippen LogP contribution in [0.25, 0.3) is 0 Å². The summed E-state index contributed by atoms with van der Waals surface area (Å²) in [6, 6.07) is 6.26. The highest BCUT2D eigenvalue weighted by molar-refractivity contribution is 7.85. The summed E-state index contributed by atoms with van der Waals surface area (Å²) in [4.78, 5) is 11.8. The molecule has 2 nitrogen and oxygen atoms in total. The quantitative estimate of drug-likeness (QED) is 0.804. The smallest absolute Gasteiger partial charge is 0.149 e. The van der Waals surface area contributed by atoms with Gasteiger partial charge in [0, 0.05) is 23.0 Å². The van der Waals surface area contributed by atoms with Crippen LogP contribution >= 0.6 is 0 Å². The van der Waals surface area contributed by atoms with E-state index < -0.39 is 10.8 Å². The van der Waals surface area contributed by atoms with E-state index in [1.54, 1.807) is 18.2 Å². The fourth-order valence-corrected chi connectivity index (χ4v) is 4.02. The van der Waals surface area contributed by atoms with E-state index in [0.717, 1.165) is 12.8 Å². The van der Waals surface area contributed by atoms with Crippen LogP contribution in [0.1, 0.15) is 31.2 Å². The van der Waals surface area contributed by atoms with Crippen molar-refractivity contribution in [2.24, 2.45) is 5.92 Å². The second kappa shape index (κ2) is 6.94. The second-order valence-electron chi connectivity index (χ2n) is 5.21. The van der Waals surface area contributed by atoms with E-state index in [1.165, 1.54) is 18.9 Å². The monoisotopic (exact) mass is 282 g/mol. The molecule has 0 heterocycles. The Bertz CT molecular complexity index is 467. The zero-order valence-corrected chi connectivity index (χ0v) is 11.8. The number of benzene rings is 1. The molecule has 1 aromatic carbocycles.